The van der Waals surface area contributed by atoms with Crippen LogP contribution in [0.5, 0.6) is 5.75 Å². The van der Waals surface area contributed by atoms with Gasteiger partial charge in [0.2, 0.25) is 0 Å². The van der Waals surface area contributed by atoms with Crippen LogP contribution in [0.4, 0.5) is 4.79 Å². The van der Waals surface area contributed by atoms with Crippen LogP contribution in [-0.2, 0) is 38.5 Å². The number of carbonyl (C=O) groups excluding carboxylic acids is 3. The monoisotopic (exact) mass is 583 g/mol. The molecule has 2 aromatic carbocycles. The number of aliphatic hydroxyl groups is 1. The zero-order chi connectivity index (χ0) is 30.4. The molecule has 3 rings (SSSR count). The number of imide groups is 1. The zero-order valence-electron chi connectivity index (χ0n) is 24.7. The topological polar surface area (TPSA) is 146 Å². The number of aliphatic hydroxyl groups excluding tert-OH is 1. The van der Waals surface area contributed by atoms with Gasteiger partial charge in [0.25, 0.3) is 5.91 Å². The lowest BCUT2D eigenvalue weighted by atomic mass is 9.92. The number of ether oxygens (including phenoxy) is 2. The van der Waals surface area contributed by atoms with E-state index in [-0.39, 0.29) is 18.3 Å². The van der Waals surface area contributed by atoms with Gasteiger partial charge in [-0.1, -0.05) is 43.2 Å². The maximum Gasteiger partial charge on any atom is 0.322 e. The van der Waals surface area contributed by atoms with Gasteiger partial charge in [0.05, 0.1) is 6.10 Å². The number of amides is 3. The molecule has 42 heavy (non-hydrogen) atoms. The Kier molecular flexibility index (Phi) is 13.2. The van der Waals surface area contributed by atoms with Gasteiger partial charge in [-0.15, -0.1) is 0 Å². The minimum Gasteiger partial charge on any atom is -0.508 e. The molecule has 0 aliphatic carbocycles. The fourth-order valence-corrected chi connectivity index (χ4v) is 4.91. The average Bonchev–Trinajstić information content (AvgIpc) is 3.20. The molecule has 10 nitrogen and oxygen atoms in total. The summed E-state index contributed by atoms with van der Waals surface area (Å²) in [4.78, 5) is 34.6. The number of phenols is 1. The molecule has 0 saturated carbocycles. The number of rotatable bonds is 19. The Hall–Kier alpha value is -3.47. The minimum absolute atomic E-state index is 0.0279. The summed E-state index contributed by atoms with van der Waals surface area (Å²) >= 11 is 0. The third-order valence-electron chi connectivity index (χ3n) is 7.32. The number of esters is 1. The molecule has 2 aromatic rings. The Labute approximate surface area is 248 Å². The van der Waals surface area contributed by atoms with Crippen molar-refractivity contribution >= 4 is 17.9 Å². The summed E-state index contributed by atoms with van der Waals surface area (Å²) in [5, 5.41) is 28.6. The van der Waals surface area contributed by atoms with Crippen LogP contribution < -0.4 is 16.0 Å². The van der Waals surface area contributed by atoms with Gasteiger partial charge in [-0.25, -0.2) is 4.79 Å². The lowest BCUT2D eigenvalue weighted by molar-refractivity contribution is -0.142. The molecule has 0 radical (unpaired) electrons. The molecule has 1 aliphatic heterocycles. The number of phenolic OH excluding ortho intramolecular Hbond substituents is 1. The Morgan fingerprint density at radius 3 is 2.48 bits per heavy atom. The van der Waals surface area contributed by atoms with E-state index in [4.69, 9.17) is 9.47 Å². The van der Waals surface area contributed by atoms with Crippen LogP contribution in [-0.4, -0.2) is 60.0 Å². The summed E-state index contributed by atoms with van der Waals surface area (Å²) in [5.41, 5.74) is 2.47. The van der Waals surface area contributed by atoms with Crippen molar-refractivity contribution in [2.45, 2.75) is 83.5 Å². The minimum atomic E-state index is -0.906. The second kappa shape index (κ2) is 16.8. The first-order valence-electron chi connectivity index (χ1n) is 14.8. The molecule has 10 heteroatoms. The molecule has 1 heterocycles. The molecule has 0 bridgehead atoms. The van der Waals surface area contributed by atoms with E-state index in [0.717, 1.165) is 70.3 Å². The van der Waals surface area contributed by atoms with Crippen molar-refractivity contribution in [2.75, 3.05) is 26.3 Å². The van der Waals surface area contributed by atoms with Crippen molar-refractivity contribution in [1.29, 1.82) is 0 Å². The SMILES string of the molecule is CC(=O)OCc1cc([C@@H](O)CNCCCCCCOCCCCc2cccc(C[C@]3(C)NC(=O)NC3=O)c2)ccc1O. The molecule has 0 spiro atoms. The summed E-state index contributed by atoms with van der Waals surface area (Å²) in [6, 6.07) is 12.6. The molecule has 3 amide bonds. The number of hydrogen-bond donors (Lipinski definition) is 5. The summed E-state index contributed by atoms with van der Waals surface area (Å²) in [6.07, 6.45) is 6.89. The van der Waals surface area contributed by atoms with Gasteiger partial charge < -0.3 is 30.3 Å². The van der Waals surface area contributed by atoms with Crippen molar-refractivity contribution in [3.63, 3.8) is 0 Å². The number of aryl methyl sites for hydroxylation is 1. The van der Waals surface area contributed by atoms with Gasteiger partial charge in [-0.3, -0.25) is 14.9 Å². The number of nitrogens with one attached hydrogen (secondary N) is 3. The van der Waals surface area contributed by atoms with E-state index >= 15 is 0 Å². The van der Waals surface area contributed by atoms with E-state index in [9.17, 15) is 24.6 Å². The summed E-state index contributed by atoms with van der Waals surface area (Å²) in [6.45, 7) is 5.73. The van der Waals surface area contributed by atoms with E-state index in [1.54, 1.807) is 19.1 Å². The van der Waals surface area contributed by atoms with E-state index in [1.165, 1.54) is 18.6 Å². The predicted molar refractivity (Wildman–Crippen MR) is 159 cm³/mol. The number of carbonyl (C=O) groups is 3. The maximum atomic E-state index is 12.1. The molecule has 5 N–H and O–H groups in total. The van der Waals surface area contributed by atoms with Crippen LogP contribution in [0, 0.1) is 0 Å². The number of aromatic hydroxyl groups is 1. The smallest absolute Gasteiger partial charge is 0.322 e. The van der Waals surface area contributed by atoms with Crippen molar-refractivity contribution in [2.24, 2.45) is 0 Å². The first-order chi connectivity index (χ1) is 20.2. The number of urea groups is 1. The first-order valence-corrected chi connectivity index (χ1v) is 14.8. The fraction of sp³-hybridized carbons (Fsp3) is 0.531. The molecule has 0 unspecified atom stereocenters. The first kappa shape index (κ1) is 33.0. The predicted octanol–water partition coefficient (Wildman–Crippen LogP) is 3.82. The highest BCUT2D eigenvalue weighted by Crippen LogP contribution is 2.23. The van der Waals surface area contributed by atoms with Gasteiger partial charge in [0, 0.05) is 38.7 Å². The zero-order valence-corrected chi connectivity index (χ0v) is 24.7. The van der Waals surface area contributed by atoms with Gasteiger partial charge >= 0.3 is 12.0 Å². The van der Waals surface area contributed by atoms with Gasteiger partial charge in [0.15, 0.2) is 0 Å². The quantitative estimate of drug-likeness (QED) is 0.0953. The number of benzene rings is 2. The Balaban J connectivity index is 1.17. The second-order valence-electron chi connectivity index (χ2n) is 11.1. The highest BCUT2D eigenvalue weighted by Gasteiger charge is 2.41. The van der Waals surface area contributed by atoms with E-state index in [0.29, 0.717) is 24.1 Å². The largest absolute Gasteiger partial charge is 0.508 e. The summed E-state index contributed by atoms with van der Waals surface area (Å²) < 4.78 is 10.7. The molecule has 230 valence electrons. The van der Waals surface area contributed by atoms with Crippen LogP contribution in [0.3, 0.4) is 0 Å². The van der Waals surface area contributed by atoms with Crippen LogP contribution in [0.1, 0.15) is 80.7 Å². The lowest BCUT2D eigenvalue weighted by Crippen LogP contribution is -2.45. The third-order valence-corrected chi connectivity index (χ3v) is 7.32. The number of hydrogen-bond acceptors (Lipinski definition) is 8. The fourth-order valence-electron chi connectivity index (χ4n) is 4.91. The van der Waals surface area contributed by atoms with Crippen molar-refractivity contribution < 1.29 is 34.1 Å². The van der Waals surface area contributed by atoms with E-state index in [2.05, 4.69) is 28.1 Å². The lowest BCUT2D eigenvalue weighted by Gasteiger charge is -2.20. The number of unbranched alkanes of at least 4 members (excludes halogenated alkanes) is 4. The molecule has 2 atom stereocenters. The van der Waals surface area contributed by atoms with E-state index in [1.807, 2.05) is 12.1 Å². The highest BCUT2D eigenvalue weighted by atomic mass is 16.5. The van der Waals surface area contributed by atoms with Crippen LogP contribution in [0.25, 0.3) is 0 Å². The molecule has 0 aromatic heterocycles. The highest BCUT2D eigenvalue weighted by molar-refractivity contribution is 6.06. The standard InChI is InChI=1S/C32H45N3O7/c1-23(36)42-22-27-19-26(13-14-28(27)37)29(38)21-33-15-6-3-4-7-16-41-17-8-5-10-24-11-9-12-25(18-24)20-32(2)30(39)34-31(40)35-32/h9,11-14,18-19,29,33,37-38H,3-8,10,15-17,20-22H2,1-2H3,(H2,34,35,39,40)/t29-,32-/m0/s1. The molecule has 1 saturated heterocycles. The van der Waals surface area contributed by atoms with Crippen molar-refractivity contribution in [3.05, 3.63) is 64.7 Å². The van der Waals surface area contributed by atoms with Gasteiger partial charge in [0.1, 0.15) is 17.9 Å². The average molecular weight is 584 g/mol. The second-order valence-corrected chi connectivity index (χ2v) is 11.1. The summed E-state index contributed by atoms with van der Waals surface area (Å²) in [5.74, 6) is -0.680. The summed E-state index contributed by atoms with van der Waals surface area (Å²) in [7, 11) is 0. The Bertz CT molecular complexity index is 1190. The van der Waals surface area contributed by atoms with E-state index < -0.39 is 23.6 Å². The van der Waals surface area contributed by atoms with Gasteiger partial charge in [-0.2, -0.15) is 0 Å². The van der Waals surface area contributed by atoms with Gasteiger partial charge in [-0.05, 0) is 74.4 Å². The third kappa shape index (κ3) is 11.1. The molecule has 1 fully saturated rings. The molecular formula is C32H45N3O7. The Morgan fingerprint density at radius 2 is 1.74 bits per heavy atom. The van der Waals surface area contributed by atoms with Crippen molar-refractivity contribution in [1.82, 2.24) is 16.0 Å². The Morgan fingerprint density at radius 1 is 1.00 bits per heavy atom. The normalized spacial score (nSPS) is 17.1. The van der Waals surface area contributed by atoms with Crippen molar-refractivity contribution in [3.8, 4) is 5.75 Å². The maximum absolute atomic E-state index is 12.1. The molecule has 1 aliphatic rings. The molecular weight excluding hydrogens is 538 g/mol. The van der Waals surface area contributed by atoms with Crippen LogP contribution in [0.15, 0.2) is 42.5 Å². The van der Waals surface area contributed by atoms with Crippen LogP contribution >= 0.6 is 0 Å². The van der Waals surface area contributed by atoms with Crippen LogP contribution in [0.2, 0.25) is 0 Å².